The van der Waals surface area contributed by atoms with Crippen molar-refractivity contribution in [3.63, 3.8) is 0 Å². The lowest BCUT2D eigenvalue weighted by molar-refractivity contribution is -0.138. The standard InChI is InChI=1S/C27H26FN3O3/c1-17(27(32)33)19-7-4-6-18(14-19)12-13-30-25(21-9-2-3-10-22(21)28)24-16-31-23-11-5-8-20(15-29)26(23)34-24/h2-11,14,17,24-25,30-31H,12-13,16H2,1H3,(H,32,33)/t17?,24-,25-/m1/s1. The minimum absolute atomic E-state index is 0.333. The average Bonchev–Trinajstić information content (AvgIpc) is 2.86. The lowest BCUT2D eigenvalue weighted by Crippen LogP contribution is -2.43. The summed E-state index contributed by atoms with van der Waals surface area (Å²) >= 11 is 0. The van der Waals surface area contributed by atoms with Crippen molar-refractivity contribution in [1.29, 1.82) is 5.26 Å². The summed E-state index contributed by atoms with van der Waals surface area (Å²) in [6, 6.07) is 21.1. The number of nitriles is 1. The maximum Gasteiger partial charge on any atom is 0.310 e. The molecule has 3 aromatic carbocycles. The summed E-state index contributed by atoms with van der Waals surface area (Å²) in [5, 5.41) is 25.5. The van der Waals surface area contributed by atoms with Gasteiger partial charge >= 0.3 is 5.97 Å². The first-order valence-corrected chi connectivity index (χ1v) is 11.2. The third-order valence-electron chi connectivity index (χ3n) is 6.11. The summed E-state index contributed by atoms with van der Waals surface area (Å²) < 4.78 is 21.0. The monoisotopic (exact) mass is 459 g/mol. The van der Waals surface area contributed by atoms with E-state index >= 15 is 0 Å². The molecule has 0 spiro atoms. The zero-order chi connectivity index (χ0) is 24.1. The Morgan fingerprint density at radius 3 is 2.79 bits per heavy atom. The van der Waals surface area contributed by atoms with Gasteiger partial charge in [0, 0.05) is 5.56 Å². The smallest absolute Gasteiger partial charge is 0.310 e. The van der Waals surface area contributed by atoms with Crippen LogP contribution in [0.15, 0.2) is 66.7 Å². The van der Waals surface area contributed by atoms with Gasteiger partial charge in [0.05, 0.1) is 29.8 Å². The Morgan fingerprint density at radius 2 is 2.03 bits per heavy atom. The van der Waals surface area contributed by atoms with E-state index in [4.69, 9.17) is 4.74 Å². The van der Waals surface area contributed by atoms with E-state index in [1.165, 1.54) is 6.07 Å². The number of fused-ring (bicyclic) bond motifs is 1. The maximum absolute atomic E-state index is 14.8. The van der Waals surface area contributed by atoms with E-state index in [0.717, 1.165) is 16.8 Å². The molecule has 0 radical (unpaired) electrons. The molecule has 0 amide bonds. The van der Waals surface area contributed by atoms with E-state index in [0.29, 0.717) is 36.4 Å². The van der Waals surface area contributed by atoms with E-state index in [-0.39, 0.29) is 5.82 Å². The van der Waals surface area contributed by atoms with Crippen molar-refractivity contribution in [3.8, 4) is 11.8 Å². The molecule has 34 heavy (non-hydrogen) atoms. The van der Waals surface area contributed by atoms with Crippen LogP contribution >= 0.6 is 0 Å². The molecule has 6 nitrogen and oxygen atoms in total. The second-order valence-corrected chi connectivity index (χ2v) is 8.34. The maximum atomic E-state index is 14.8. The Morgan fingerprint density at radius 1 is 1.24 bits per heavy atom. The van der Waals surface area contributed by atoms with Gasteiger partial charge in [0.2, 0.25) is 0 Å². The Bertz CT molecular complexity index is 1220. The third kappa shape index (κ3) is 5.03. The quantitative estimate of drug-likeness (QED) is 0.455. The van der Waals surface area contributed by atoms with Crippen LogP contribution in [0.4, 0.5) is 10.1 Å². The van der Waals surface area contributed by atoms with E-state index in [9.17, 15) is 19.6 Å². The van der Waals surface area contributed by atoms with Crippen molar-refractivity contribution in [1.82, 2.24) is 5.32 Å². The van der Waals surface area contributed by atoms with Gasteiger partial charge in [0.25, 0.3) is 0 Å². The minimum Gasteiger partial charge on any atom is -0.483 e. The first-order valence-electron chi connectivity index (χ1n) is 11.2. The Balaban J connectivity index is 1.53. The number of carboxylic acids is 1. The number of carbonyl (C=O) groups is 1. The zero-order valence-electron chi connectivity index (χ0n) is 18.8. The third-order valence-corrected chi connectivity index (χ3v) is 6.11. The van der Waals surface area contributed by atoms with Crippen LogP contribution in [0.5, 0.6) is 5.75 Å². The van der Waals surface area contributed by atoms with Gasteiger partial charge in [0.1, 0.15) is 18.0 Å². The summed E-state index contributed by atoms with van der Waals surface area (Å²) in [6.45, 7) is 2.63. The predicted octanol–water partition coefficient (Wildman–Crippen LogP) is 4.63. The molecular weight excluding hydrogens is 433 g/mol. The molecule has 3 N–H and O–H groups in total. The molecule has 1 aliphatic rings. The van der Waals surface area contributed by atoms with Crippen molar-refractivity contribution >= 4 is 11.7 Å². The number of benzene rings is 3. The number of hydrogen-bond acceptors (Lipinski definition) is 5. The molecular formula is C27H26FN3O3. The molecule has 3 atom stereocenters. The number of ether oxygens (including phenoxy) is 1. The van der Waals surface area contributed by atoms with E-state index in [2.05, 4.69) is 16.7 Å². The molecule has 0 aromatic heterocycles. The van der Waals surface area contributed by atoms with E-state index in [1.807, 2.05) is 30.3 Å². The largest absolute Gasteiger partial charge is 0.483 e. The molecule has 4 rings (SSSR count). The number of nitrogens with one attached hydrogen (secondary N) is 2. The first-order chi connectivity index (χ1) is 16.5. The molecule has 1 heterocycles. The highest BCUT2D eigenvalue weighted by molar-refractivity contribution is 5.75. The molecule has 7 heteroatoms. The highest BCUT2D eigenvalue weighted by Gasteiger charge is 2.31. The molecule has 1 aliphatic heterocycles. The van der Waals surface area contributed by atoms with Crippen molar-refractivity contribution in [3.05, 3.63) is 94.8 Å². The molecule has 174 valence electrons. The van der Waals surface area contributed by atoms with Gasteiger partial charge in [-0.2, -0.15) is 5.26 Å². The van der Waals surface area contributed by atoms with Gasteiger partial charge in [-0.05, 0) is 49.2 Å². The van der Waals surface area contributed by atoms with E-state index < -0.39 is 24.0 Å². The summed E-state index contributed by atoms with van der Waals surface area (Å²) in [5.41, 5.74) is 3.39. The Labute approximate surface area is 198 Å². The predicted molar refractivity (Wildman–Crippen MR) is 127 cm³/mol. The number of para-hydroxylation sites is 1. The van der Waals surface area contributed by atoms with E-state index in [1.54, 1.807) is 37.3 Å². The van der Waals surface area contributed by atoms with Gasteiger partial charge in [0.15, 0.2) is 5.75 Å². The van der Waals surface area contributed by atoms with Crippen LogP contribution in [0.1, 0.15) is 41.1 Å². The fourth-order valence-electron chi connectivity index (χ4n) is 4.18. The number of aliphatic carboxylic acids is 1. The van der Waals surface area contributed by atoms with Gasteiger partial charge in [-0.25, -0.2) is 4.39 Å². The highest BCUT2D eigenvalue weighted by atomic mass is 19.1. The fraction of sp³-hybridized carbons (Fsp3) is 0.259. The summed E-state index contributed by atoms with van der Waals surface area (Å²) in [4.78, 5) is 11.3. The zero-order valence-corrected chi connectivity index (χ0v) is 18.8. The highest BCUT2D eigenvalue weighted by Crippen LogP contribution is 2.36. The molecule has 0 aliphatic carbocycles. The van der Waals surface area contributed by atoms with Gasteiger partial charge in [-0.3, -0.25) is 4.79 Å². The number of anilines is 1. The number of halogens is 1. The lowest BCUT2D eigenvalue weighted by Gasteiger charge is -2.34. The average molecular weight is 460 g/mol. The topological polar surface area (TPSA) is 94.4 Å². The van der Waals surface area contributed by atoms with Gasteiger partial charge in [-0.15, -0.1) is 0 Å². The van der Waals surface area contributed by atoms with Crippen molar-refractivity contribution < 1.29 is 19.0 Å². The number of nitrogens with zero attached hydrogens (tertiary/aromatic N) is 1. The minimum atomic E-state index is -0.867. The van der Waals surface area contributed by atoms with Crippen LogP contribution in [-0.4, -0.2) is 30.3 Å². The van der Waals surface area contributed by atoms with Crippen LogP contribution in [0, 0.1) is 17.1 Å². The first kappa shape index (κ1) is 23.3. The molecule has 1 unspecified atom stereocenters. The van der Waals surface area contributed by atoms with Crippen molar-refractivity contribution in [2.24, 2.45) is 0 Å². The molecule has 0 saturated heterocycles. The second kappa shape index (κ2) is 10.4. The van der Waals surface area contributed by atoms with Crippen LogP contribution < -0.4 is 15.4 Å². The lowest BCUT2D eigenvalue weighted by atomic mass is 9.97. The van der Waals surface area contributed by atoms with Crippen molar-refractivity contribution in [2.75, 3.05) is 18.4 Å². The van der Waals surface area contributed by atoms with Crippen molar-refractivity contribution in [2.45, 2.75) is 31.4 Å². The van der Waals surface area contributed by atoms with Crippen LogP contribution in [0.2, 0.25) is 0 Å². The summed E-state index contributed by atoms with van der Waals surface area (Å²) in [5.74, 6) is -1.32. The number of rotatable bonds is 8. The van der Waals surface area contributed by atoms with Crippen LogP contribution in [-0.2, 0) is 11.2 Å². The Kier molecular flexibility index (Phi) is 7.09. The van der Waals surface area contributed by atoms with Crippen LogP contribution in [0.25, 0.3) is 0 Å². The fourth-order valence-corrected chi connectivity index (χ4v) is 4.18. The normalized spacial score (nSPS) is 16.3. The summed E-state index contributed by atoms with van der Waals surface area (Å²) in [7, 11) is 0. The van der Waals surface area contributed by atoms with Crippen LogP contribution in [0.3, 0.4) is 0 Å². The molecule has 0 fully saturated rings. The molecule has 0 bridgehead atoms. The van der Waals surface area contributed by atoms with Gasteiger partial charge < -0.3 is 20.5 Å². The number of carboxylic acid groups (broad SMARTS) is 1. The van der Waals surface area contributed by atoms with Gasteiger partial charge in [-0.1, -0.05) is 48.5 Å². The SMILES string of the molecule is CC(C(=O)O)c1cccc(CCN[C@H](c2ccccc2F)[C@H]2CNc3cccc(C#N)c3O2)c1. The molecule has 3 aromatic rings. The summed E-state index contributed by atoms with van der Waals surface area (Å²) in [6.07, 6.45) is 0.183. The Hall–Kier alpha value is -3.89. The molecule has 0 saturated carbocycles. The second-order valence-electron chi connectivity index (χ2n) is 8.34. The number of hydrogen-bond donors (Lipinski definition) is 3.